The molecule has 0 radical (unpaired) electrons. The second kappa shape index (κ2) is 10.1. The molecule has 0 aliphatic carbocycles. The van der Waals surface area contributed by atoms with Crippen LogP contribution in [0.3, 0.4) is 0 Å². The fourth-order valence-electron chi connectivity index (χ4n) is 3.27. The van der Waals surface area contributed by atoms with Crippen LogP contribution < -0.4 is 11.1 Å². The summed E-state index contributed by atoms with van der Waals surface area (Å²) in [6, 6.07) is 13.3. The third-order valence-electron chi connectivity index (χ3n) is 4.73. The minimum Gasteiger partial charge on any atom is -0.399 e. The quantitative estimate of drug-likeness (QED) is 0.670. The second-order valence-electron chi connectivity index (χ2n) is 7.03. The van der Waals surface area contributed by atoms with E-state index >= 15 is 0 Å². The highest BCUT2D eigenvalue weighted by Gasteiger charge is 2.21. The molecule has 0 bridgehead atoms. The van der Waals surface area contributed by atoms with Gasteiger partial charge in [0.15, 0.2) is 0 Å². The number of hydrogen-bond donors (Lipinski definition) is 2. The molecule has 5 nitrogen and oxygen atoms in total. The highest BCUT2D eigenvalue weighted by molar-refractivity contribution is 6.42. The largest absolute Gasteiger partial charge is 0.399 e. The van der Waals surface area contributed by atoms with E-state index in [9.17, 15) is 4.79 Å². The zero-order valence-corrected chi connectivity index (χ0v) is 17.2. The Balaban J connectivity index is 1.41. The molecule has 28 heavy (non-hydrogen) atoms. The number of benzene rings is 2. The Kier molecular flexibility index (Phi) is 7.57. The molecule has 2 aromatic carbocycles. The van der Waals surface area contributed by atoms with E-state index in [1.54, 1.807) is 0 Å². The molecule has 1 amide bonds. The molecule has 3 rings (SSSR count). The molecule has 2 aromatic rings. The summed E-state index contributed by atoms with van der Waals surface area (Å²) in [5.74, 6) is 0.0210. The van der Waals surface area contributed by atoms with Crippen molar-refractivity contribution in [3.63, 3.8) is 0 Å². The smallest absolute Gasteiger partial charge is 0.220 e. The molecule has 1 fully saturated rings. The van der Waals surface area contributed by atoms with Crippen molar-refractivity contribution >= 4 is 34.8 Å². The first-order valence-corrected chi connectivity index (χ1v) is 10.1. The molecule has 0 aromatic heterocycles. The van der Waals surface area contributed by atoms with E-state index in [1.165, 1.54) is 0 Å². The molecule has 3 N–H and O–H groups in total. The summed E-state index contributed by atoms with van der Waals surface area (Å²) in [5, 5.41) is 4.11. The van der Waals surface area contributed by atoms with Gasteiger partial charge in [0.05, 0.1) is 22.8 Å². The number of halogens is 2. The minimum atomic E-state index is -0.0205. The van der Waals surface area contributed by atoms with Gasteiger partial charge in [0.2, 0.25) is 5.91 Å². The Labute approximate surface area is 175 Å². The third kappa shape index (κ3) is 6.38. The number of morpholine rings is 1. The van der Waals surface area contributed by atoms with Crippen LogP contribution in [0.5, 0.6) is 0 Å². The van der Waals surface area contributed by atoms with Crippen LogP contribution in [-0.2, 0) is 22.5 Å². The summed E-state index contributed by atoms with van der Waals surface area (Å²) in [6.45, 7) is 3.54. The number of nitrogens with zero attached hydrogens (tertiary/aromatic N) is 1. The molecule has 150 valence electrons. The number of rotatable bonds is 7. The van der Waals surface area contributed by atoms with Crippen molar-refractivity contribution in [2.24, 2.45) is 0 Å². The average Bonchev–Trinajstić information content (AvgIpc) is 2.68. The van der Waals surface area contributed by atoms with E-state index in [-0.39, 0.29) is 12.0 Å². The number of aryl methyl sites for hydroxylation is 1. The van der Waals surface area contributed by atoms with Gasteiger partial charge in [0.1, 0.15) is 0 Å². The van der Waals surface area contributed by atoms with Gasteiger partial charge in [0, 0.05) is 38.3 Å². The van der Waals surface area contributed by atoms with E-state index in [0.717, 1.165) is 36.4 Å². The first kappa shape index (κ1) is 20.9. The predicted molar refractivity (Wildman–Crippen MR) is 114 cm³/mol. The van der Waals surface area contributed by atoms with Crippen molar-refractivity contribution in [2.45, 2.75) is 25.5 Å². The third-order valence-corrected chi connectivity index (χ3v) is 5.47. The minimum absolute atomic E-state index is 0.0205. The molecule has 1 aliphatic rings. The van der Waals surface area contributed by atoms with Gasteiger partial charge in [0.25, 0.3) is 0 Å². The topological polar surface area (TPSA) is 67.6 Å². The Morgan fingerprint density at radius 1 is 1.18 bits per heavy atom. The SMILES string of the molecule is Nc1cccc(CCC(=O)NC[C@H]2CN(Cc3ccc(Cl)c(Cl)c3)CCO2)c1. The fourth-order valence-corrected chi connectivity index (χ4v) is 3.59. The van der Waals surface area contributed by atoms with Crippen molar-refractivity contribution in [3.8, 4) is 0 Å². The van der Waals surface area contributed by atoms with E-state index in [4.69, 9.17) is 33.7 Å². The van der Waals surface area contributed by atoms with Gasteiger partial charge in [-0.1, -0.05) is 41.4 Å². The lowest BCUT2D eigenvalue weighted by atomic mass is 10.1. The fraction of sp³-hybridized carbons (Fsp3) is 0.381. The Morgan fingerprint density at radius 2 is 2.04 bits per heavy atom. The number of hydrogen-bond acceptors (Lipinski definition) is 4. The van der Waals surface area contributed by atoms with Crippen LogP contribution >= 0.6 is 23.2 Å². The summed E-state index contributed by atoms with van der Waals surface area (Å²) < 4.78 is 5.80. The highest BCUT2D eigenvalue weighted by atomic mass is 35.5. The normalized spacial score (nSPS) is 17.4. The lowest BCUT2D eigenvalue weighted by Crippen LogP contribution is -2.47. The molecule has 0 saturated carbocycles. The molecule has 1 heterocycles. The number of carbonyl (C=O) groups excluding carboxylic acids is 1. The number of anilines is 1. The molecule has 1 atom stereocenters. The maximum atomic E-state index is 12.1. The predicted octanol–water partition coefficient (Wildman–Crippen LogP) is 3.53. The highest BCUT2D eigenvalue weighted by Crippen LogP contribution is 2.23. The summed E-state index contributed by atoms with van der Waals surface area (Å²) >= 11 is 12.1. The Hall–Kier alpha value is -1.79. The number of nitrogens with one attached hydrogen (secondary N) is 1. The molecule has 1 saturated heterocycles. The van der Waals surface area contributed by atoms with Gasteiger partial charge in [-0.25, -0.2) is 0 Å². The zero-order valence-electron chi connectivity index (χ0n) is 15.7. The standard InChI is InChI=1S/C21H25Cl2N3O2/c22-19-6-4-16(11-20(19)23)13-26-8-9-28-18(14-26)12-25-21(27)7-5-15-2-1-3-17(24)10-15/h1-4,6,10-11,18H,5,7-9,12-14,24H2,(H,25,27)/t18-/m0/s1. The first-order valence-electron chi connectivity index (χ1n) is 9.38. The average molecular weight is 422 g/mol. The monoisotopic (exact) mass is 421 g/mol. The maximum absolute atomic E-state index is 12.1. The number of nitrogen functional groups attached to an aromatic ring is 1. The van der Waals surface area contributed by atoms with Gasteiger partial charge in [-0.05, 0) is 41.8 Å². The number of ether oxygens (including phenoxy) is 1. The van der Waals surface area contributed by atoms with Crippen molar-refractivity contribution in [3.05, 3.63) is 63.6 Å². The van der Waals surface area contributed by atoms with E-state index in [0.29, 0.717) is 36.0 Å². The van der Waals surface area contributed by atoms with Crippen LogP contribution in [0.2, 0.25) is 10.0 Å². The Morgan fingerprint density at radius 3 is 2.82 bits per heavy atom. The van der Waals surface area contributed by atoms with Crippen molar-refractivity contribution in [1.82, 2.24) is 10.2 Å². The molecule has 0 unspecified atom stereocenters. The van der Waals surface area contributed by atoms with Crippen LogP contribution in [0, 0.1) is 0 Å². The van der Waals surface area contributed by atoms with Crippen LogP contribution in [0.25, 0.3) is 0 Å². The van der Waals surface area contributed by atoms with Gasteiger partial charge in [-0.3, -0.25) is 9.69 Å². The van der Waals surface area contributed by atoms with E-state index < -0.39 is 0 Å². The summed E-state index contributed by atoms with van der Waals surface area (Å²) in [7, 11) is 0. The number of carbonyl (C=O) groups is 1. The first-order chi connectivity index (χ1) is 13.5. The molecule has 1 aliphatic heterocycles. The van der Waals surface area contributed by atoms with Gasteiger partial charge < -0.3 is 15.8 Å². The zero-order chi connectivity index (χ0) is 19.9. The second-order valence-corrected chi connectivity index (χ2v) is 7.84. The molecular weight excluding hydrogens is 397 g/mol. The molecular formula is C21H25Cl2N3O2. The molecule has 0 spiro atoms. The summed E-state index contributed by atoms with van der Waals surface area (Å²) in [6.07, 6.45) is 1.09. The van der Waals surface area contributed by atoms with Crippen LogP contribution in [-0.4, -0.2) is 43.2 Å². The van der Waals surface area contributed by atoms with Crippen LogP contribution in [0.1, 0.15) is 17.5 Å². The number of nitrogens with two attached hydrogens (primary N) is 1. The van der Waals surface area contributed by atoms with E-state index in [1.807, 2.05) is 42.5 Å². The summed E-state index contributed by atoms with van der Waals surface area (Å²) in [4.78, 5) is 14.4. The van der Waals surface area contributed by atoms with Gasteiger partial charge in [-0.2, -0.15) is 0 Å². The van der Waals surface area contributed by atoms with Crippen LogP contribution in [0.4, 0.5) is 5.69 Å². The number of amides is 1. The lowest BCUT2D eigenvalue weighted by molar-refractivity contribution is -0.122. The molecule has 7 heteroatoms. The van der Waals surface area contributed by atoms with Gasteiger partial charge >= 0.3 is 0 Å². The van der Waals surface area contributed by atoms with Gasteiger partial charge in [-0.15, -0.1) is 0 Å². The van der Waals surface area contributed by atoms with Crippen molar-refractivity contribution in [2.75, 3.05) is 32.0 Å². The van der Waals surface area contributed by atoms with Crippen molar-refractivity contribution < 1.29 is 9.53 Å². The maximum Gasteiger partial charge on any atom is 0.220 e. The van der Waals surface area contributed by atoms with Crippen molar-refractivity contribution in [1.29, 1.82) is 0 Å². The van der Waals surface area contributed by atoms with Crippen LogP contribution in [0.15, 0.2) is 42.5 Å². The van der Waals surface area contributed by atoms with E-state index in [2.05, 4.69) is 10.2 Å². The Bertz CT molecular complexity index is 816. The lowest BCUT2D eigenvalue weighted by Gasteiger charge is -2.33. The summed E-state index contributed by atoms with van der Waals surface area (Å²) in [5.41, 5.74) is 8.67.